The van der Waals surface area contributed by atoms with Gasteiger partial charge in [0.25, 0.3) is 5.91 Å². The molecule has 1 rings (SSSR count). The van der Waals surface area contributed by atoms with Gasteiger partial charge in [0, 0.05) is 26.6 Å². The van der Waals surface area contributed by atoms with Crippen molar-refractivity contribution in [3.05, 3.63) is 35.1 Å². The van der Waals surface area contributed by atoms with Crippen molar-refractivity contribution in [3.8, 4) is 0 Å². The van der Waals surface area contributed by atoms with Crippen molar-refractivity contribution < 1.29 is 32.3 Å². The van der Waals surface area contributed by atoms with Gasteiger partial charge in [0.1, 0.15) is 0 Å². The summed E-state index contributed by atoms with van der Waals surface area (Å²) < 4.78 is 45.0. The van der Waals surface area contributed by atoms with Gasteiger partial charge in [-0.3, -0.25) is 14.4 Å². The molecule has 0 saturated carbocycles. The Morgan fingerprint density at radius 1 is 1.19 bits per heavy atom. The maximum atomic E-state index is 13.9. The van der Waals surface area contributed by atoms with Crippen molar-refractivity contribution in [2.75, 3.05) is 26.7 Å². The standard InChI is InChI=1S/C17H21F3N2O4/c1-10(17(25)26-3)9-22(8-4-7-21-11(2)23)16(24)12-5-6-13(18)15(20)14(12)19/h5-6,10H,4,7-9H2,1-3H3,(H,21,23). The van der Waals surface area contributed by atoms with E-state index in [0.29, 0.717) is 12.5 Å². The molecular formula is C17H21F3N2O4. The minimum Gasteiger partial charge on any atom is -0.469 e. The number of ether oxygens (including phenoxy) is 1. The zero-order valence-electron chi connectivity index (χ0n) is 14.8. The highest BCUT2D eigenvalue weighted by molar-refractivity contribution is 5.94. The number of nitrogens with one attached hydrogen (secondary N) is 1. The molecule has 0 saturated heterocycles. The van der Waals surface area contributed by atoms with Crippen molar-refractivity contribution in [3.63, 3.8) is 0 Å². The number of methoxy groups -OCH3 is 1. The number of amides is 2. The van der Waals surface area contributed by atoms with Crippen molar-refractivity contribution in [1.29, 1.82) is 0 Å². The molecule has 0 radical (unpaired) electrons. The molecule has 1 unspecified atom stereocenters. The Bertz CT molecular complexity index is 682. The fraction of sp³-hybridized carbons (Fsp3) is 0.471. The Hall–Kier alpha value is -2.58. The molecule has 144 valence electrons. The van der Waals surface area contributed by atoms with E-state index >= 15 is 0 Å². The van der Waals surface area contributed by atoms with Crippen LogP contribution in [0.15, 0.2) is 12.1 Å². The summed E-state index contributed by atoms with van der Waals surface area (Å²) in [6.07, 6.45) is 0.324. The summed E-state index contributed by atoms with van der Waals surface area (Å²) in [5, 5.41) is 2.54. The van der Waals surface area contributed by atoms with Crippen LogP contribution >= 0.6 is 0 Å². The fourth-order valence-electron chi connectivity index (χ4n) is 2.28. The highest BCUT2D eigenvalue weighted by atomic mass is 19.2. The van der Waals surface area contributed by atoms with Gasteiger partial charge >= 0.3 is 5.97 Å². The molecule has 0 aromatic heterocycles. The third-order valence-electron chi connectivity index (χ3n) is 3.63. The molecule has 1 aromatic rings. The van der Waals surface area contributed by atoms with Crippen LogP contribution < -0.4 is 5.32 Å². The Kier molecular flexibility index (Phi) is 8.08. The second kappa shape index (κ2) is 9.79. The summed E-state index contributed by atoms with van der Waals surface area (Å²) in [6.45, 7) is 3.06. The van der Waals surface area contributed by atoms with Crippen molar-refractivity contribution in [2.45, 2.75) is 20.3 Å². The number of carbonyl (C=O) groups is 3. The molecule has 0 fully saturated rings. The molecule has 0 aliphatic heterocycles. The maximum Gasteiger partial charge on any atom is 0.310 e. The number of nitrogens with zero attached hydrogens (tertiary/aromatic N) is 1. The summed E-state index contributed by atoms with van der Waals surface area (Å²) >= 11 is 0. The lowest BCUT2D eigenvalue weighted by molar-refractivity contribution is -0.145. The average Bonchev–Trinajstić information content (AvgIpc) is 2.60. The molecule has 0 spiro atoms. The first-order valence-corrected chi connectivity index (χ1v) is 7.94. The number of halogens is 3. The van der Waals surface area contributed by atoms with E-state index in [1.54, 1.807) is 0 Å². The molecule has 9 heteroatoms. The van der Waals surface area contributed by atoms with Gasteiger partial charge in [0.05, 0.1) is 18.6 Å². The average molecular weight is 374 g/mol. The van der Waals surface area contributed by atoms with Crippen LogP contribution in [-0.4, -0.2) is 49.4 Å². The predicted octanol–water partition coefficient (Wildman–Crippen LogP) is 1.88. The van der Waals surface area contributed by atoms with Gasteiger partial charge in [-0.25, -0.2) is 13.2 Å². The van der Waals surface area contributed by atoms with E-state index in [-0.39, 0.29) is 25.5 Å². The topological polar surface area (TPSA) is 75.7 Å². The summed E-state index contributed by atoms with van der Waals surface area (Å²) in [5.41, 5.74) is -0.638. The minimum absolute atomic E-state index is 0.0683. The van der Waals surface area contributed by atoms with Crippen molar-refractivity contribution >= 4 is 17.8 Å². The Morgan fingerprint density at radius 3 is 2.42 bits per heavy atom. The van der Waals surface area contributed by atoms with Gasteiger partial charge in [-0.15, -0.1) is 0 Å². The first kappa shape index (κ1) is 21.5. The summed E-state index contributed by atoms with van der Waals surface area (Å²) in [4.78, 5) is 36.2. The first-order valence-electron chi connectivity index (χ1n) is 7.94. The van der Waals surface area contributed by atoms with E-state index in [0.717, 1.165) is 11.0 Å². The lowest BCUT2D eigenvalue weighted by atomic mass is 10.1. The van der Waals surface area contributed by atoms with Gasteiger partial charge in [0.2, 0.25) is 5.91 Å². The maximum absolute atomic E-state index is 13.9. The molecule has 0 aliphatic carbocycles. The quantitative estimate of drug-likeness (QED) is 0.428. The molecule has 0 bridgehead atoms. The number of rotatable bonds is 8. The van der Waals surface area contributed by atoms with E-state index in [1.165, 1.54) is 21.0 Å². The number of hydrogen-bond donors (Lipinski definition) is 1. The third-order valence-corrected chi connectivity index (χ3v) is 3.63. The van der Waals surface area contributed by atoms with Gasteiger partial charge in [-0.05, 0) is 18.6 Å². The lowest BCUT2D eigenvalue weighted by Gasteiger charge is -2.25. The normalized spacial score (nSPS) is 11.6. The lowest BCUT2D eigenvalue weighted by Crippen LogP contribution is -2.39. The summed E-state index contributed by atoms with van der Waals surface area (Å²) in [6, 6.07) is 1.50. The molecular weight excluding hydrogens is 353 g/mol. The van der Waals surface area contributed by atoms with Gasteiger partial charge in [-0.2, -0.15) is 0 Å². The largest absolute Gasteiger partial charge is 0.469 e. The predicted molar refractivity (Wildman–Crippen MR) is 86.7 cm³/mol. The second-order valence-electron chi connectivity index (χ2n) is 5.73. The zero-order valence-corrected chi connectivity index (χ0v) is 14.8. The van der Waals surface area contributed by atoms with Crippen molar-refractivity contribution in [1.82, 2.24) is 10.2 Å². The van der Waals surface area contributed by atoms with Crippen LogP contribution in [0.2, 0.25) is 0 Å². The van der Waals surface area contributed by atoms with Gasteiger partial charge in [0.15, 0.2) is 17.5 Å². The van der Waals surface area contributed by atoms with Crippen molar-refractivity contribution in [2.24, 2.45) is 5.92 Å². The molecule has 0 aliphatic rings. The summed E-state index contributed by atoms with van der Waals surface area (Å²) in [5.74, 6) is -7.16. The van der Waals surface area contributed by atoms with Crippen LogP contribution in [0.5, 0.6) is 0 Å². The van der Waals surface area contributed by atoms with E-state index in [9.17, 15) is 27.6 Å². The summed E-state index contributed by atoms with van der Waals surface area (Å²) in [7, 11) is 1.19. The fourth-order valence-corrected chi connectivity index (χ4v) is 2.28. The molecule has 6 nitrogen and oxygen atoms in total. The smallest absolute Gasteiger partial charge is 0.310 e. The van der Waals surface area contributed by atoms with E-state index in [1.807, 2.05) is 0 Å². The Labute approximate surface area is 149 Å². The third kappa shape index (κ3) is 5.75. The highest BCUT2D eigenvalue weighted by Gasteiger charge is 2.26. The number of hydrogen-bond acceptors (Lipinski definition) is 4. The van der Waals surface area contributed by atoms with E-state index in [2.05, 4.69) is 10.1 Å². The molecule has 2 amide bonds. The SMILES string of the molecule is COC(=O)C(C)CN(CCCNC(C)=O)C(=O)c1ccc(F)c(F)c1F. The van der Waals surface area contributed by atoms with E-state index in [4.69, 9.17) is 0 Å². The zero-order chi connectivity index (χ0) is 19.9. The minimum atomic E-state index is -1.74. The van der Waals surface area contributed by atoms with Crippen LogP contribution in [0, 0.1) is 23.4 Å². The Morgan fingerprint density at radius 2 is 1.85 bits per heavy atom. The number of benzene rings is 1. The van der Waals surface area contributed by atoms with Crippen LogP contribution in [0.3, 0.4) is 0 Å². The van der Waals surface area contributed by atoms with E-state index < -0.39 is 40.8 Å². The highest BCUT2D eigenvalue weighted by Crippen LogP contribution is 2.18. The van der Waals surface area contributed by atoms with Crippen LogP contribution in [0.25, 0.3) is 0 Å². The van der Waals surface area contributed by atoms with Gasteiger partial charge < -0.3 is 15.0 Å². The Balaban J connectivity index is 2.98. The monoisotopic (exact) mass is 374 g/mol. The molecule has 26 heavy (non-hydrogen) atoms. The van der Waals surface area contributed by atoms with Crippen LogP contribution in [0.1, 0.15) is 30.6 Å². The number of esters is 1. The molecule has 0 heterocycles. The number of carbonyl (C=O) groups excluding carboxylic acids is 3. The first-order chi connectivity index (χ1) is 12.2. The second-order valence-corrected chi connectivity index (χ2v) is 5.73. The molecule has 1 atom stereocenters. The molecule has 1 N–H and O–H groups in total. The van der Waals surface area contributed by atoms with Gasteiger partial charge in [-0.1, -0.05) is 6.92 Å². The van der Waals surface area contributed by atoms with Crippen LogP contribution in [-0.2, 0) is 14.3 Å². The molecule has 1 aromatic carbocycles. The van der Waals surface area contributed by atoms with Crippen LogP contribution in [0.4, 0.5) is 13.2 Å².